The molecule has 0 fully saturated rings. The number of carbonyl (C=O) groups is 2. The summed E-state index contributed by atoms with van der Waals surface area (Å²) in [5.74, 6) is -0.484. The number of rotatable bonds is 5. The van der Waals surface area contributed by atoms with Gasteiger partial charge in [0.25, 0.3) is 5.91 Å². The van der Waals surface area contributed by atoms with Gasteiger partial charge in [-0.25, -0.2) is 4.79 Å². The van der Waals surface area contributed by atoms with E-state index < -0.39 is 18.5 Å². The molecule has 3 aromatic carbocycles. The molecular formula is C20H15Cl2NO4. The molecule has 0 saturated heterocycles. The van der Waals surface area contributed by atoms with Gasteiger partial charge in [-0.15, -0.1) is 0 Å². The summed E-state index contributed by atoms with van der Waals surface area (Å²) < 4.78 is 10.5. The van der Waals surface area contributed by atoms with Crippen LogP contribution in [0.2, 0.25) is 10.0 Å². The van der Waals surface area contributed by atoms with Gasteiger partial charge in [-0.2, -0.15) is 0 Å². The molecule has 1 N–H and O–H groups in total. The van der Waals surface area contributed by atoms with Crippen LogP contribution in [0.3, 0.4) is 0 Å². The fraction of sp³-hybridized carbons (Fsp3) is 0.100. The van der Waals surface area contributed by atoms with Crippen molar-refractivity contribution in [2.75, 3.05) is 19.0 Å². The van der Waals surface area contributed by atoms with Crippen molar-refractivity contribution in [2.24, 2.45) is 0 Å². The van der Waals surface area contributed by atoms with Crippen LogP contribution in [0.4, 0.5) is 5.69 Å². The lowest BCUT2D eigenvalue weighted by Gasteiger charge is -2.11. The third-order valence-corrected chi connectivity index (χ3v) is 4.70. The minimum atomic E-state index is -0.610. The molecule has 0 aliphatic rings. The van der Waals surface area contributed by atoms with E-state index in [1.807, 2.05) is 18.2 Å². The Labute approximate surface area is 165 Å². The van der Waals surface area contributed by atoms with Gasteiger partial charge in [0.1, 0.15) is 5.75 Å². The standard InChI is InChI=1S/C20H15Cl2NO4/c1-26-17-10-9-14(12-5-2-3-6-13(12)17)20(25)27-11-18(24)23-16-8-4-7-15(21)19(16)22/h2-10H,11H2,1H3,(H,23,24). The Morgan fingerprint density at radius 1 is 0.963 bits per heavy atom. The van der Waals surface area contributed by atoms with E-state index in [9.17, 15) is 9.59 Å². The number of anilines is 1. The Morgan fingerprint density at radius 2 is 1.70 bits per heavy atom. The Bertz CT molecular complexity index is 1020. The van der Waals surface area contributed by atoms with Crippen LogP contribution in [-0.4, -0.2) is 25.6 Å². The molecule has 0 radical (unpaired) electrons. The zero-order valence-corrected chi connectivity index (χ0v) is 15.8. The molecule has 0 atom stereocenters. The first-order chi connectivity index (χ1) is 13.0. The van der Waals surface area contributed by atoms with Crippen molar-refractivity contribution in [1.82, 2.24) is 0 Å². The molecule has 3 aromatic rings. The van der Waals surface area contributed by atoms with Gasteiger partial charge in [0.15, 0.2) is 6.61 Å². The molecule has 3 rings (SSSR count). The summed E-state index contributed by atoms with van der Waals surface area (Å²) >= 11 is 11.9. The number of carbonyl (C=O) groups excluding carboxylic acids is 2. The quantitative estimate of drug-likeness (QED) is 0.612. The number of amides is 1. The normalized spacial score (nSPS) is 10.5. The minimum absolute atomic E-state index is 0.222. The molecule has 0 aliphatic carbocycles. The number of nitrogens with one attached hydrogen (secondary N) is 1. The number of esters is 1. The summed E-state index contributed by atoms with van der Waals surface area (Å²) in [7, 11) is 1.56. The SMILES string of the molecule is COc1ccc(C(=O)OCC(=O)Nc2cccc(Cl)c2Cl)c2ccccc12. The molecule has 0 saturated carbocycles. The van der Waals surface area contributed by atoms with Gasteiger partial charge in [0.05, 0.1) is 28.4 Å². The van der Waals surface area contributed by atoms with Gasteiger partial charge < -0.3 is 14.8 Å². The van der Waals surface area contributed by atoms with Crippen LogP contribution in [0.5, 0.6) is 5.75 Å². The van der Waals surface area contributed by atoms with E-state index in [1.54, 1.807) is 43.5 Å². The van der Waals surface area contributed by atoms with Gasteiger partial charge in [0, 0.05) is 5.39 Å². The molecular weight excluding hydrogens is 389 g/mol. The molecule has 0 unspecified atom stereocenters. The number of methoxy groups -OCH3 is 1. The topological polar surface area (TPSA) is 64.6 Å². The fourth-order valence-electron chi connectivity index (χ4n) is 2.62. The largest absolute Gasteiger partial charge is 0.496 e. The van der Waals surface area contributed by atoms with Gasteiger partial charge >= 0.3 is 5.97 Å². The lowest BCUT2D eigenvalue weighted by atomic mass is 10.0. The van der Waals surface area contributed by atoms with E-state index in [-0.39, 0.29) is 5.02 Å². The molecule has 1 amide bonds. The van der Waals surface area contributed by atoms with Crippen LogP contribution in [0.25, 0.3) is 10.8 Å². The van der Waals surface area contributed by atoms with Gasteiger partial charge in [-0.1, -0.05) is 53.5 Å². The third-order valence-electron chi connectivity index (χ3n) is 3.88. The molecule has 27 heavy (non-hydrogen) atoms. The summed E-state index contributed by atoms with van der Waals surface area (Å²) in [4.78, 5) is 24.5. The summed E-state index contributed by atoms with van der Waals surface area (Å²) in [6.07, 6.45) is 0. The van der Waals surface area contributed by atoms with E-state index >= 15 is 0 Å². The highest BCUT2D eigenvalue weighted by atomic mass is 35.5. The minimum Gasteiger partial charge on any atom is -0.496 e. The molecule has 7 heteroatoms. The van der Waals surface area contributed by atoms with Crippen LogP contribution >= 0.6 is 23.2 Å². The molecule has 138 valence electrons. The number of ether oxygens (including phenoxy) is 2. The number of fused-ring (bicyclic) bond motifs is 1. The molecule has 5 nitrogen and oxygen atoms in total. The lowest BCUT2D eigenvalue weighted by Crippen LogP contribution is -2.21. The molecule has 0 heterocycles. The van der Waals surface area contributed by atoms with Crippen LogP contribution in [0.15, 0.2) is 54.6 Å². The Morgan fingerprint density at radius 3 is 2.44 bits per heavy atom. The predicted molar refractivity (Wildman–Crippen MR) is 106 cm³/mol. The van der Waals surface area contributed by atoms with Crippen LogP contribution < -0.4 is 10.1 Å². The monoisotopic (exact) mass is 403 g/mol. The van der Waals surface area contributed by atoms with Crippen LogP contribution in [0, 0.1) is 0 Å². The fourth-order valence-corrected chi connectivity index (χ4v) is 2.97. The first-order valence-electron chi connectivity index (χ1n) is 7.98. The predicted octanol–water partition coefficient (Wildman–Crippen LogP) is 4.95. The maximum Gasteiger partial charge on any atom is 0.339 e. The first-order valence-corrected chi connectivity index (χ1v) is 8.73. The highest BCUT2D eigenvalue weighted by molar-refractivity contribution is 6.44. The second-order valence-corrected chi connectivity index (χ2v) is 6.37. The van der Waals surface area contributed by atoms with Crippen molar-refractivity contribution in [1.29, 1.82) is 0 Å². The number of hydrogen-bond acceptors (Lipinski definition) is 4. The van der Waals surface area contributed by atoms with Gasteiger partial charge in [-0.3, -0.25) is 4.79 Å². The smallest absolute Gasteiger partial charge is 0.339 e. The van der Waals surface area contributed by atoms with Crippen molar-refractivity contribution < 1.29 is 19.1 Å². The second kappa shape index (κ2) is 8.29. The Balaban J connectivity index is 1.72. The number of benzene rings is 3. The van der Waals surface area contributed by atoms with E-state index in [0.717, 1.165) is 5.39 Å². The summed E-state index contributed by atoms with van der Waals surface area (Å²) in [5.41, 5.74) is 0.695. The van der Waals surface area contributed by atoms with Gasteiger partial charge in [-0.05, 0) is 29.7 Å². The maximum absolute atomic E-state index is 12.4. The van der Waals surface area contributed by atoms with E-state index in [1.165, 1.54) is 0 Å². The maximum atomic E-state index is 12.4. The van der Waals surface area contributed by atoms with Gasteiger partial charge in [0.2, 0.25) is 0 Å². The zero-order chi connectivity index (χ0) is 19.4. The summed E-state index contributed by atoms with van der Waals surface area (Å²) in [6.45, 7) is -0.456. The van der Waals surface area contributed by atoms with E-state index in [0.29, 0.717) is 27.4 Å². The van der Waals surface area contributed by atoms with E-state index in [4.69, 9.17) is 32.7 Å². The third kappa shape index (κ3) is 4.15. The first kappa shape index (κ1) is 19.0. The van der Waals surface area contributed by atoms with Crippen LogP contribution in [-0.2, 0) is 9.53 Å². The number of halogens is 2. The van der Waals surface area contributed by atoms with Crippen molar-refractivity contribution in [2.45, 2.75) is 0 Å². The molecule has 0 spiro atoms. The van der Waals surface area contributed by atoms with Crippen molar-refractivity contribution in [3.05, 3.63) is 70.2 Å². The lowest BCUT2D eigenvalue weighted by molar-refractivity contribution is -0.119. The number of hydrogen-bond donors (Lipinski definition) is 1. The average Bonchev–Trinajstić information content (AvgIpc) is 2.68. The van der Waals surface area contributed by atoms with Crippen molar-refractivity contribution >= 4 is 51.5 Å². The summed E-state index contributed by atoms with van der Waals surface area (Å²) in [6, 6.07) is 15.5. The van der Waals surface area contributed by atoms with Crippen molar-refractivity contribution in [3.8, 4) is 5.75 Å². The zero-order valence-electron chi connectivity index (χ0n) is 14.3. The van der Waals surface area contributed by atoms with E-state index in [2.05, 4.69) is 5.32 Å². The summed E-state index contributed by atoms with van der Waals surface area (Å²) in [5, 5.41) is 4.56. The molecule has 0 bridgehead atoms. The Kier molecular flexibility index (Phi) is 5.84. The average molecular weight is 404 g/mol. The van der Waals surface area contributed by atoms with Crippen molar-refractivity contribution in [3.63, 3.8) is 0 Å². The van der Waals surface area contributed by atoms with Crippen LogP contribution in [0.1, 0.15) is 10.4 Å². The highest BCUT2D eigenvalue weighted by Gasteiger charge is 2.16. The molecule has 0 aliphatic heterocycles. The second-order valence-electron chi connectivity index (χ2n) is 5.59. The Hall–Kier alpha value is -2.76. The highest BCUT2D eigenvalue weighted by Crippen LogP contribution is 2.30. The molecule has 0 aromatic heterocycles.